The number of hydrogen-bond acceptors (Lipinski definition) is 6. The van der Waals surface area contributed by atoms with Gasteiger partial charge in [0, 0.05) is 19.3 Å². The van der Waals surface area contributed by atoms with Crippen molar-refractivity contribution >= 4 is 17.9 Å². The number of carbonyl (C=O) groups is 3. The minimum absolute atomic E-state index is 0.0784. The second-order valence-electron chi connectivity index (χ2n) is 21.3. The van der Waals surface area contributed by atoms with Crippen LogP contribution in [0.2, 0.25) is 0 Å². The van der Waals surface area contributed by atoms with Gasteiger partial charge in [0.1, 0.15) is 13.2 Å². The zero-order chi connectivity index (χ0) is 52.9. The van der Waals surface area contributed by atoms with Crippen LogP contribution in [-0.4, -0.2) is 37.2 Å². The first kappa shape index (κ1) is 70.1. The minimum atomic E-state index is -0.783. The van der Waals surface area contributed by atoms with Crippen molar-refractivity contribution in [1.29, 1.82) is 0 Å². The molecule has 0 saturated heterocycles. The molecule has 0 aliphatic carbocycles. The van der Waals surface area contributed by atoms with E-state index < -0.39 is 6.10 Å². The summed E-state index contributed by atoms with van der Waals surface area (Å²) < 4.78 is 16.9. The topological polar surface area (TPSA) is 78.9 Å². The largest absolute Gasteiger partial charge is 0.462 e. The fraction of sp³-hybridized carbons (Fsp3) is 0.806. The Morgan fingerprint density at radius 2 is 0.534 bits per heavy atom. The van der Waals surface area contributed by atoms with Gasteiger partial charge in [0.25, 0.3) is 0 Å². The quantitative estimate of drug-likeness (QED) is 0.0261. The summed E-state index contributed by atoms with van der Waals surface area (Å²) in [5.41, 5.74) is 0. The zero-order valence-electron chi connectivity index (χ0n) is 48.7. The van der Waals surface area contributed by atoms with Gasteiger partial charge >= 0.3 is 17.9 Å². The predicted octanol–water partition coefficient (Wildman–Crippen LogP) is 21.6. The Hall–Kier alpha value is -2.89. The van der Waals surface area contributed by atoms with E-state index in [0.29, 0.717) is 19.3 Å². The predicted molar refractivity (Wildman–Crippen MR) is 316 cm³/mol. The molecule has 0 aliphatic rings. The molecule has 0 amide bonds. The molecule has 6 nitrogen and oxygen atoms in total. The van der Waals surface area contributed by atoms with E-state index >= 15 is 0 Å². The summed E-state index contributed by atoms with van der Waals surface area (Å²) in [7, 11) is 0. The van der Waals surface area contributed by atoms with E-state index in [9.17, 15) is 14.4 Å². The Balaban J connectivity index is 4.34. The van der Waals surface area contributed by atoms with Crippen LogP contribution in [0.15, 0.2) is 60.8 Å². The van der Waals surface area contributed by atoms with E-state index in [0.717, 1.165) is 103 Å². The summed E-state index contributed by atoms with van der Waals surface area (Å²) in [6, 6.07) is 0. The molecule has 6 heteroatoms. The third-order valence-electron chi connectivity index (χ3n) is 14.0. The van der Waals surface area contributed by atoms with E-state index in [1.54, 1.807) is 0 Å². The van der Waals surface area contributed by atoms with Gasteiger partial charge in [0.15, 0.2) is 6.10 Å². The number of esters is 3. The van der Waals surface area contributed by atoms with E-state index in [4.69, 9.17) is 14.2 Å². The van der Waals surface area contributed by atoms with Gasteiger partial charge in [-0.25, -0.2) is 0 Å². The highest BCUT2D eigenvalue weighted by Crippen LogP contribution is 2.17. The lowest BCUT2D eigenvalue weighted by Crippen LogP contribution is -2.30. The molecule has 0 rings (SSSR count). The smallest absolute Gasteiger partial charge is 0.306 e. The van der Waals surface area contributed by atoms with Crippen LogP contribution in [0.25, 0.3) is 0 Å². The molecule has 0 aromatic heterocycles. The van der Waals surface area contributed by atoms with E-state index in [-0.39, 0.29) is 31.1 Å². The van der Waals surface area contributed by atoms with Crippen molar-refractivity contribution in [3.63, 3.8) is 0 Å². The second kappa shape index (κ2) is 61.7. The number of ether oxygens (including phenoxy) is 3. The monoisotopic (exact) mass is 1020 g/mol. The van der Waals surface area contributed by atoms with Crippen LogP contribution >= 0.6 is 0 Å². The SMILES string of the molecule is CC/C=C\C/C=C\C/C=C\CCCCCCCC(=O)OCC(COC(=O)CCCCCCCCCCCCCCCCCCCCCCC)OC(=O)CCCCCCCCCCC/C=C\C/C=C\CCCCC. The van der Waals surface area contributed by atoms with Gasteiger partial charge in [-0.1, -0.05) is 287 Å². The first-order valence-electron chi connectivity index (χ1n) is 31.8. The molecule has 0 aromatic rings. The van der Waals surface area contributed by atoms with Crippen LogP contribution in [0.1, 0.15) is 329 Å². The standard InChI is InChI=1S/C67H120O6/c1-4-7-10-13-16-19-22-25-28-30-32-33-35-36-39-42-45-48-51-54-57-60-66(69)72-63-64(62-71-65(68)59-56-53-50-47-44-41-38-27-24-21-18-15-12-9-6-3)73-67(70)61-58-55-52-49-46-43-40-37-34-31-29-26-23-20-17-14-11-8-5-2/h9,12,17-18,20-21,26-27,29,38,64H,4-8,10-11,13-16,19,22-25,28,30-37,39-63H2,1-3H3/b12-9-,20-17-,21-18-,29-26-,38-27-. The Morgan fingerprint density at radius 3 is 0.863 bits per heavy atom. The normalized spacial score (nSPS) is 12.4. The number of carbonyl (C=O) groups excluding carboxylic acids is 3. The lowest BCUT2D eigenvalue weighted by Gasteiger charge is -2.18. The van der Waals surface area contributed by atoms with E-state index in [2.05, 4.69) is 81.5 Å². The van der Waals surface area contributed by atoms with Crippen LogP contribution < -0.4 is 0 Å². The maximum atomic E-state index is 12.9. The molecule has 73 heavy (non-hydrogen) atoms. The molecule has 0 bridgehead atoms. The summed E-state index contributed by atoms with van der Waals surface area (Å²) in [6.45, 7) is 6.54. The first-order chi connectivity index (χ1) is 36.0. The van der Waals surface area contributed by atoms with Gasteiger partial charge in [0.2, 0.25) is 0 Å². The highest BCUT2D eigenvalue weighted by molar-refractivity contribution is 5.71. The first-order valence-corrected chi connectivity index (χ1v) is 31.8. The summed E-state index contributed by atoms with van der Waals surface area (Å²) in [5.74, 6) is -0.882. The molecular formula is C67H120O6. The summed E-state index contributed by atoms with van der Waals surface area (Å²) in [6.07, 6.45) is 77.9. The van der Waals surface area contributed by atoms with Crippen molar-refractivity contribution in [2.24, 2.45) is 0 Å². The van der Waals surface area contributed by atoms with Crippen molar-refractivity contribution in [2.45, 2.75) is 335 Å². The number of rotatable bonds is 58. The summed E-state index contributed by atoms with van der Waals surface area (Å²) in [5, 5.41) is 0. The molecule has 0 fully saturated rings. The molecule has 0 aromatic carbocycles. The Morgan fingerprint density at radius 1 is 0.288 bits per heavy atom. The molecular weight excluding hydrogens is 901 g/mol. The van der Waals surface area contributed by atoms with Crippen molar-refractivity contribution in [3.8, 4) is 0 Å². The average Bonchev–Trinajstić information content (AvgIpc) is 3.39. The average molecular weight is 1020 g/mol. The summed E-state index contributed by atoms with van der Waals surface area (Å²) >= 11 is 0. The molecule has 0 saturated carbocycles. The van der Waals surface area contributed by atoms with Crippen molar-refractivity contribution in [1.82, 2.24) is 0 Å². The van der Waals surface area contributed by atoms with Crippen LogP contribution in [0, 0.1) is 0 Å². The lowest BCUT2D eigenvalue weighted by molar-refractivity contribution is -0.167. The molecule has 0 aliphatic heterocycles. The Kier molecular flexibility index (Phi) is 59.2. The number of allylic oxidation sites excluding steroid dienone is 10. The highest BCUT2D eigenvalue weighted by Gasteiger charge is 2.19. The van der Waals surface area contributed by atoms with E-state index in [1.165, 1.54) is 186 Å². The van der Waals surface area contributed by atoms with Gasteiger partial charge in [-0.15, -0.1) is 0 Å². The maximum absolute atomic E-state index is 12.9. The van der Waals surface area contributed by atoms with Gasteiger partial charge in [0.05, 0.1) is 0 Å². The summed E-state index contributed by atoms with van der Waals surface area (Å²) in [4.78, 5) is 38.3. The Labute approximate surface area is 453 Å². The van der Waals surface area contributed by atoms with E-state index in [1.807, 2.05) is 0 Å². The second-order valence-corrected chi connectivity index (χ2v) is 21.3. The fourth-order valence-electron chi connectivity index (χ4n) is 9.25. The van der Waals surface area contributed by atoms with Gasteiger partial charge < -0.3 is 14.2 Å². The molecule has 1 atom stereocenters. The third kappa shape index (κ3) is 59.9. The molecule has 1 unspecified atom stereocenters. The molecule has 0 heterocycles. The van der Waals surface area contributed by atoms with Crippen LogP contribution in [-0.2, 0) is 28.6 Å². The minimum Gasteiger partial charge on any atom is -0.462 e. The van der Waals surface area contributed by atoms with Crippen molar-refractivity contribution in [2.75, 3.05) is 13.2 Å². The highest BCUT2D eigenvalue weighted by atomic mass is 16.6. The lowest BCUT2D eigenvalue weighted by atomic mass is 10.0. The number of hydrogen-bond donors (Lipinski definition) is 0. The third-order valence-corrected chi connectivity index (χ3v) is 14.0. The maximum Gasteiger partial charge on any atom is 0.306 e. The molecule has 424 valence electrons. The van der Waals surface area contributed by atoms with Crippen LogP contribution in [0.5, 0.6) is 0 Å². The zero-order valence-corrected chi connectivity index (χ0v) is 48.7. The van der Waals surface area contributed by atoms with Crippen LogP contribution in [0.4, 0.5) is 0 Å². The van der Waals surface area contributed by atoms with Crippen molar-refractivity contribution < 1.29 is 28.6 Å². The molecule has 0 spiro atoms. The van der Waals surface area contributed by atoms with Gasteiger partial charge in [-0.05, 0) is 83.5 Å². The molecule has 0 radical (unpaired) electrons. The fourth-order valence-corrected chi connectivity index (χ4v) is 9.25. The number of unbranched alkanes of at least 4 members (excludes halogenated alkanes) is 37. The van der Waals surface area contributed by atoms with Crippen molar-refractivity contribution in [3.05, 3.63) is 60.8 Å². The van der Waals surface area contributed by atoms with Crippen LogP contribution in [0.3, 0.4) is 0 Å². The van der Waals surface area contributed by atoms with Gasteiger partial charge in [-0.3, -0.25) is 14.4 Å². The molecule has 0 N–H and O–H groups in total. The van der Waals surface area contributed by atoms with Gasteiger partial charge in [-0.2, -0.15) is 0 Å². The Bertz CT molecular complexity index is 1310.